The highest BCUT2D eigenvalue weighted by atomic mass is 32.2. The van der Waals surface area contributed by atoms with E-state index in [4.69, 9.17) is 5.26 Å². The van der Waals surface area contributed by atoms with E-state index in [-0.39, 0.29) is 0 Å². The molecule has 0 aliphatic carbocycles. The molecule has 3 nitrogen and oxygen atoms in total. The predicted molar refractivity (Wildman–Crippen MR) is 44.0 cm³/mol. The summed E-state index contributed by atoms with van der Waals surface area (Å²) < 4.78 is 47.7. The molecule has 74 valence electrons. The first-order valence-corrected chi connectivity index (χ1v) is 5.17. The van der Waals surface area contributed by atoms with Gasteiger partial charge in [0.15, 0.2) is 9.84 Å². The second-order valence-electron chi connectivity index (χ2n) is 2.49. The minimum Gasteiger partial charge on any atom is -0.223 e. The van der Waals surface area contributed by atoms with Crippen molar-refractivity contribution < 1.29 is 17.2 Å². The minimum atomic E-state index is -3.96. The highest BCUT2D eigenvalue weighted by Crippen LogP contribution is 2.16. The Morgan fingerprint density at radius 1 is 1.36 bits per heavy atom. The van der Waals surface area contributed by atoms with E-state index in [0.717, 1.165) is 12.1 Å². The zero-order chi connectivity index (χ0) is 10.8. The van der Waals surface area contributed by atoms with Crippen LogP contribution in [-0.2, 0) is 9.84 Å². The maximum atomic E-state index is 12.9. The van der Waals surface area contributed by atoms with Crippen LogP contribution in [-0.4, -0.2) is 14.2 Å². The third kappa shape index (κ3) is 2.06. The molecule has 6 heteroatoms. The van der Waals surface area contributed by atoms with Crippen LogP contribution in [0, 0.1) is 23.0 Å². The van der Waals surface area contributed by atoms with Gasteiger partial charge in [0.2, 0.25) is 0 Å². The van der Waals surface area contributed by atoms with Gasteiger partial charge in [-0.2, -0.15) is 5.26 Å². The van der Waals surface area contributed by atoms with E-state index in [1.165, 1.54) is 6.07 Å². The number of nitrogens with zero attached hydrogens (tertiary/aromatic N) is 1. The lowest BCUT2D eigenvalue weighted by molar-refractivity contribution is 0.550. The number of rotatable bonds is 2. The van der Waals surface area contributed by atoms with Gasteiger partial charge >= 0.3 is 0 Å². The summed E-state index contributed by atoms with van der Waals surface area (Å²) in [6.45, 7) is 0. The van der Waals surface area contributed by atoms with E-state index in [0.29, 0.717) is 6.07 Å². The molecule has 0 saturated carbocycles. The van der Waals surface area contributed by atoms with Gasteiger partial charge in [0, 0.05) is 6.07 Å². The third-order valence-electron chi connectivity index (χ3n) is 1.48. The lowest BCUT2D eigenvalue weighted by Gasteiger charge is -2.00. The van der Waals surface area contributed by atoms with E-state index >= 15 is 0 Å². The Kier molecular flexibility index (Phi) is 2.81. The Labute approximate surface area is 79.5 Å². The fourth-order valence-electron chi connectivity index (χ4n) is 0.890. The first kappa shape index (κ1) is 10.6. The smallest absolute Gasteiger partial charge is 0.194 e. The highest BCUT2D eigenvalue weighted by molar-refractivity contribution is 7.91. The van der Waals surface area contributed by atoms with Crippen LogP contribution in [0.2, 0.25) is 0 Å². The Bertz CT molecular complexity index is 491. The molecule has 0 heterocycles. The van der Waals surface area contributed by atoms with Gasteiger partial charge in [-0.1, -0.05) is 0 Å². The van der Waals surface area contributed by atoms with Crippen LogP contribution in [0.5, 0.6) is 0 Å². The summed E-state index contributed by atoms with van der Waals surface area (Å²) in [5.74, 6) is -2.87. The van der Waals surface area contributed by atoms with E-state index in [1.807, 2.05) is 0 Å². The quantitative estimate of drug-likeness (QED) is 0.701. The minimum absolute atomic E-state index is 0.463. The summed E-state index contributed by atoms with van der Waals surface area (Å²) in [7, 11) is -3.96. The zero-order valence-corrected chi connectivity index (χ0v) is 7.68. The summed E-state index contributed by atoms with van der Waals surface area (Å²) in [5.41, 5.74) is 0. The van der Waals surface area contributed by atoms with Crippen LogP contribution >= 0.6 is 0 Å². The summed E-state index contributed by atoms with van der Waals surface area (Å²) in [4.78, 5) is -0.652. The predicted octanol–water partition coefficient (Wildman–Crippen LogP) is 1.26. The first-order chi connectivity index (χ1) is 6.47. The summed E-state index contributed by atoms with van der Waals surface area (Å²) in [5, 5.41) is 8.18. The van der Waals surface area contributed by atoms with Crippen LogP contribution in [0.15, 0.2) is 23.1 Å². The van der Waals surface area contributed by atoms with Crippen molar-refractivity contribution in [3.63, 3.8) is 0 Å². The molecular weight excluding hydrogens is 212 g/mol. The average Bonchev–Trinajstić information content (AvgIpc) is 2.02. The Hall–Kier alpha value is -1.48. The van der Waals surface area contributed by atoms with E-state index in [2.05, 4.69) is 0 Å². The van der Waals surface area contributed by atoms with Crippen molar-refractivity contribution in [1.82, 2.24) is 0 Å². The molecule has 0 bridgehead atoms. The van der Waals surface area contributed by atoms with Gasteiger partial charge in [0.05, 0.1) is 6.07 Å². The molecule has 0 spiro atoms. The lowest BCUT2D eigenvalue weighted by atomic mass is 10.3. The molecule has 0 aromatic heterocycles. The maximum absolute atomic E-state index is 12.9. The molecule has 0 radical (unpaired) electrons. The Balaban J connectivity index is 3.29. The van der Waals surface area contributed by atoms with Crippen LogP contribution in [0.3, 0.4) is 0 Å². The molecule has 1 rings (SSSR count). The molecule has 0 unspecified atom stereocenters. The fourth-order valence-corrected chi connectivity index (χ4v) is 1.85. The molecule has 1 aromatic carbocycles. The normalized spacial score (nSPS) is 10.9. The number of nitriles is 1. The topological polar surface area (TPSA) is 57.9 Å². The average molecular weight is 217 g/mol. The molecule has 0 N–H and O–H groups in total. The Morgan fingerprint density at radius 3 is 2.50 bits per heavy atom. The molecule has 0 fully saturated rings. The zero-order valence-electron chi connectivity index (χ0n) is 6.87. The molecule has 1 aromatic rings. The van der Waals surface area contributed by atoms with Gasteiger partial charge < -0.3 is 0 Å². The Morgan fingerprint density at radius 2 is 2.00 bits per heavy atom. The van der Waals surface area contributed by atoms with Crippen LogP contribution in [0.25, 0.3) is 0 Å². The number of hydrogen-bond donors (Lipinski definition) is 0. The standard InChI is InChI=1S/C8H5F2NO2S/c9-6-1-2-8(7(10)5-6)14(12,13)4-3-11/h1-2,5H,4H2. The van der Waals surface area contributed by atoms with Crippen molar-refractivity contribution in [2.45, 2.75) is 4.90 Å². The molecule has 0 atom stereocenters. The first-order valence-electron chi connectivity index (χ1n) is 3.52. The highest BCUT2D eigenvalue weighted by Gasteiger charge is 2.18. The number of sulfone groups is 1. The molecule has 0 saturated heterocycles. The molecule has 0 aliphatic heterocycles. The SMILES string of the molecule is N#CCS(=O)(=O)c1ccc(F)cc1F. The summed E-state index contributed by atoms with van der Waals surface area (Å²) >= 11 is 0. The third-order valence-corrected chi connectivity index (χ3v) is 2.99. The summed E-state index contributed by atoms with van der Waals surface area (Å²) in [6, 6.07) is 3.49. The number of halogens is 2. The molecular formula is C8H5F2NO2S. The fraction of sp³-hybridized carbons (Fsp3) is 0.125. The number of hydrogen-bond acceptors (Lipinski definition) is 3. The van der Waals surface area contributed by atoms with Crippen LogP contribution in [0.4, 0.5) is 8.78 Å². The van der Waals surface area contributed by atoms with Crippen molar-refractivity contribution in [2.75, 3.05) is 5.75 Å². The van der Waals surface area contributed by atoms with Gasteiger partial charge in [0.25, 0.3) is 0 Å². The van der Waals surface area contributed by atoms with Crippen molar-refractivity contribution in [2.24, 2.45) is 0 Å². The van der Waals surface area contributed by atoms with Crippen LogP contribution < -0.4 is 0 Å². The van der Waals surface area contributed by atoms with E-state index in [9.17, 15) is 17.2 Å². The van der Waals surface area contributed by atoms with Gasteiger partial charge in [-0.05, 0) is 12.1 Å². The van der Waals surface area contributed by atoms with E-state index < -0.39 is 32.1 Å². The van der Waals surface area contributed by atoms with Crippen molar-refractivity contribution in [1.29, 1.82) is 5.26 Å². The van der Waals surface area contributed by atoms with Crippen molar-refractivity contribution in [3.05, 3.63) is 29.8 Å². The largest absolute Gasteiger partial charge is 0.223 e. The molecule has 14 heavy (non-hydrogen) atoms. The van der Waals surface area contributed by atoms with Crippen molar-refractivity contribution >= 4 is 9.84 Å². The van der Waals surface area contributed by atoms with Gasteiger partial charge in [-0.15, -0.1) is 0 Å². The number of benzene rings is 1. The van der Waals surface area contributed by atoms with Gasteiger partial charge in [-0.25, -0.2) is 17.2 Å². The molecule has 0 amide bonds. The lowest BCUT2D eigenvalue weighted by Crippen LogP contribution is -2.07. The van der Waals surface area contributed by atoms with Gasteiger partial charge in [-0.3, -0.25) is 0 Å². The second-order valence-corrected chi connectivity index (χ2v) is 4.45. The van der Waals surface area contributed by atoms with Gasteiger partial charge in [0.1, 0.15) is 22.3 Å². The van der Waals surface area contributed by atoms with E-state index in [1.54, 1.807) is 0 Å². The second kappa shape index (κ2) is 3.72. The molecule has 0 aliphatic rings. The monoisotopic (exact) mass is 217 g/mol. The maximum Gasteiger partial charge on any atom is 0.194 e. The summed E-state index contributed by atoms with van der Waals surface area (Å²) in [6.07, 6.45) is 0. The van der Waals surface area contributed by atoms with Crippen molar-refractivity contribution in [3.8, 4) is 6.07 Å². The van der Waals surface area contributed by atoms with Crippen LogP contribution in [0.1, 0.15) is 0 Å².